The predicted octanol–water partition coefficient (Wildman–Crippen LogP) is 5.76. The van der Waals surface area contributed by atoms with E-state index in [9.17, 15) is 9.59 Å². The van der Waals surface area contributed by atoms with E-state index in [0.29, 0.717) is 16.9 Å². The minimum absolute atomic E-state index is 0.143. The Labute approximate surface area is 171 Å². The Hall–Kier alpha value is -3.66. The maximum atomic E-state index is 13.6. The maximum absolute atomic E-state index is 13.6. The lowest BCUT2D eigenvalue weighted by atomic mass is 10.00. The topological polar surface area (TPSA) is 46.6 Å². The van der Waals surface area contributed by atoms with E-state index >= 15 is 0 Å². The molecule has 0 radical (unpaired) electrons. The molecule has 1 amide bonds. The van der Waals surface area contributed by atoms with Crippen molar-refractivity contribution in [1.82, 2.24) is 0 Å². The average Bonchev–Trinajstić information content (AvgIpc) is 2.69. The summed E-state index contributed by atoms with van der Waals surface area (Å²) in [5, 5.41) is 0. The van der Waals surface area contributed by atoms with Gasteiger partial charge in [-0.3, -0.25) is 9.69 Å². The van der Waals surface area contributed by atoms with Gasteiger partial charge in [-0.1, -0.05) is 43.0 Å². The highest BCUT2D eigenvalue weighted by molar-refractivity contribution is 6.12. The molecule has 3 rings (SSSR count). The Bertz CT molecular complexity index is 993. The fourth-order valence-corrected chi connectivity index (χ4v) is 3.16. The first kappa shape index (κ1) is 20.1. The van der Waals surface area contributed by atoms with E-state index in [1.165, 1.54) is 0 Å². The normalized spacial score (nSPS) is 10.3. The highest BCUT2D eigenvalue weighted by atomic mass is 16.5. The molecule has 0 aliphatic rings. The van der Waals surface area contributed by atoms with Crippen LogP contribution in [0.3, 0.4) is 0 Å². The van der Waals surface area contributed by atoms with Crippen molar-refractivity contribution < 1.29 is 14.3 Å². The van der Waals surface area contributed by atoms with Crippen molar-refractivity contribution in [2.45, 2.75) is 20.8 Å². The number of hydrogen-bond acceptors (Lipinski definition) is 3. The van der Waals surface area contributed by atoms with Crippen molar-refractivity contribution in [3.63, 3.8) is 0 Å². The molecule has 0 spiro atoms. The SMILES string of the molecule is C=C(C)C(=O)Oc1cc(C)c(C(=O)N(c2ccccc2)c2ccccc2)c(C)c1. The van der Waals surface area contributed by atoms with Crippen LogP contribution in [0.1, 0.15) is 28.4 Å². The van der Waals surface area contributed by atoms with Gasteiger partial charge in [0, 0.05) is 22.5 Å². The molecule has 3 aromatic carbocycles. The molecule has 3 aromatic rings. The zero-order chi connectivity index (χ0) is 21.0. The lowest BCUT2D eigenvalue weighted by molar-refractivity contribution is -0.130. The van der Waals surface area contributed by atoms with Crippen molar-refractivity contribution in [2.75, 3.05) is 4.90 Å². The molecule has 0 unspecified atom stereocenters. The third-order valence-electron chi connectivity index (χ3n) is 4.51. The zero-order valence-corrected chi connectivity index (χ0v) is 16.8. The van der Waals surface area contributed by atoms with Gasteiger partial charge in [0.05, 0.1) is 0 Å². The van der Waals surface area contributed by atoms with Crippen LogP contribution in [0.25, 0.3) is 0 Å². The van der Waals surface area contributed by atoms with Gasteiger partial charge in [0.2, 0.25) is 0 Å². The Morgan fingerprint density at radius 2 is 1.28 bits per heavy atom. The number of aryl methyl sites for hydroxylation is 2. The second-order valence-corrected chi connectivity index (χ2v) is 6.91. The first-order valence-corrected chi connectivity index (χ1v) is 9.32. The van der Waals surface area contributed by atoms with Crippen LogP contribution < -0.4 is 9.64 Å². The lowest BCUT2D eigenvalue weighted by Crippen LogP contribution is -2.27. The second-order valence-electron chi connectivity index (χ2n) is 6.91. The van der Waals surface area contributed by atoms with Crippen LogP contribution in [0.15, 0.2) is 84.9 Å². The van der Waals surface area contributed by atoms with E-state index in [0.717, 1.165) is 22.5 Å². The summed E-state index contributed by atoms with van der Waals surface area (Å²) in [4.78, 5) is 27.2. The molecule has 0 bridgehead atoms. The summed E-state index contributed by atoms with van der Waals surface area (Å²) in [7, 11) is 0. The van der Waals surface area contributed by atoms with E-state index in [1.807, 2.05) is 74.5 Å². The lowest BCUT2D eigenvalue weighted by Gasteiger charge is -2.25. The third-order valence-corrected chi connectivity index (χ3v) is 4.51. The van der Waals surface area contributed by atoms with Crippen molar-refractivity contribution in [1.29, 1.82) is 0 Å². The molecular formula is C25H23NO3. The van der Waals surface area contributed by atoms with E-state index in [1.54, 1.807) is 24.0 Å². The summed E-state index contributed by atoms with van der Waals surface area (Å²) in [6.45, 7) is 8.87. The van der Waals surface area contributed by atoms with Gasteiger partial charge in [-0.05, 0) is 68.3 Å². The minimum atomic E-state index is -0.488. The number of hydrogen-bond donors (Lipinski definition) is 0. The maximum Gasteiger partial charge on any atom is 0.338 e. The summed E-state index contributed by atoms with van der Waals surface area (Å²) < 4.78 is 5.34. The Kier molecular flexibility index (Phi) is 5.93. The first-order chi connectivity index (χ1) is 13.9. The van der Waals surface area contributed by atoms with Crippen LogP contribution >= 0.6 is 0 Å². The van der Waals surface area contributed by atoms with Gasteiger partial charge in [-0.2, -0.15) is 0 Å². The number of carbonyl (C=O) groups excluding carboxylic acids is 2. The van der Waals surface area contributed by atoms with E-state index < -0.39 is 5.97 Å². The number of ether oxygens (including phenoxy) is 1. The Morgan fingerprint density at radius 1 is 0.828 bits per heavy atom. The molecule has 0 aliphatic heterocycles. The van der Waals surface area contributed by atoms with Gasteiger partial charge in [0.1, 0.15) is 5.75 Å². The van der Waals surface area contributed by atoms with E-state index in [2.05, 4.69) is 6.58 Å². The average molecular weight is 385 g/mol. The van der Waals surface area contributed by atoms with Crippen molar-refractivity contribution >= 4 is 23.3 Å². The van der Waals surface area contributed by atoms with Crippen LogP contribution in [-0.4, -0.2) is 11.9 Å². The van der Waals surface area contributed by atoms with Crippen molar-refractivity contribution in [2.24, 2.45) is 0 Å². The number of carbonyl (C=O) groups is 2. The van der Waals surface area contributed by atoms with Gasteiger partial charge < -0.3 is 4.74 Å². The quantitative estimate of drug-likeness (QED) is 0.318. The molecule has 0 fully saturated rings. The van der Waals surface area contributed by atoms with Crippen molar-refractivity contribution in [3.8, 4) is 5.75 Å². The largest absolute Gasteiger partial charge is 0.423 e. The number of rotatable bonds is 5. The Balaban J connectivity index is 2.04. The monoisotopic (exact) mass is 385 g/mol. The molecule has 0 aliphatic carbocycles. The van der Waals surface area contributed by atoms with E-state index in [4.69, 9.17) is 4.74 Å². The van der Waals surface area contributed by atoms with Crippen LogP contribution in [0.2, 0.25) is 0 Å². The number of amides is 1. The first-order valence-electron chi connectivity index (χ1n) is 9.32. The fourth-order valence-electron chi connectivity index (χ4n) is 3.16. The van der Waals surface area contributed by atoms with Crippen LogP contribution in [0.5, 0.6) is 5.75 Å². The van der Waals surface area contributed by atoms with Gasteiger partial charge in [0.15, 0.2) is 0 Å². The molecule has 0 saturated heterocycles. The predicted molar refractivity (Wildman–Crippen MR) is 116 cm³/mol. The van der Waals surface area contributed by atoms with Crippen molar-refractivity contribution in [3.05, 3.63) is 102 Å². The Morgan fingerprint density at radius 3 is 1.69 bits per heavy atom. The molecule has 0 aromatic heterocycles. The number of benzene rings is 3. The molecule has 0 saturated carbocycles. The highest BCUT2D eigenvalue weighted by Gasteiger charge is 2.23. The summed E-state index contributed by atoms with van der Waals surface area (Å²) in [6.07, 6.45) is 0. The van der Waals surface area contributed by atoms with E-state index in [-0.39, 0.29) is 5.91 Å². The highest BCUT2D eigenvalue weighted by Crippen LogP contribution is 2.31. The van der Waals surface area contributed by atoms with Gasteiger partial charge >= 0.3 is 5.97 Å². The fraction of sp³-hybridized carbons (Fsp3) is 0.120. The van der Waals surface area contributed by atoms with Gasteiger partial charge in [0.25, 0.3) is 5.91 Å². The summed E-state index contributed by atoms with van der Waals surface area (Å²) in [5.74, 6) is -0.233. The molecule has 4 heteroatoms. The second kappa shape index (κ2) is 8.57. The smallest absolute Gasteiger partial charge is 0.338 e. The standard InChI is InChI=1S/C25H23NO3/c1-17(2)25(28)29-22-15-18(3)23(19(4)16-22)24(27)26(20-11-7-5-8-12-20)21-13-9-6-10-14-21/h5-16H,1H2,2-4H3. The van der Waals surface area contributed by atoms with Crippen LogP contribution in [0, 0.1) is 13.8 Å². The van der Waals surface area contributed by atoms with Gasteiger partial charge in [-0.25, -0.2) is 4.79 Å². The molecule has 4 nitrogen and oxygen atoms in total. The summed E-state index contributed by atoms with van der Waals surface area (Å²) in [6, 6.07) is 22.4. The molecular weight excluding hydrogens is 362 g/mol. The zero-order valence-electron chi connectivity index (χ0n) is 16.8. The number of esters is 1. The van der Waals surface area contributed by atoms with Crippen LogP contribution in [-0.2, 0) is 4.79 Å². The number of nitrogens with zero attached hydrogens (tertiary/aromatic N) is 1. The number of anilines is 2. The molecule has 0 heterocycles. The minimum Gasteiger partial charge on any atom is -0.423 e. The van der Waals surface area contributed by atoms with Crippen LogP contribution in [0.4, 0.5) is 11.4 Å². The number of para-hydroxylation sites is 2. The van der Waals surface area contributed by atoms with Gasteiger partial charge in [-0.15, -0.1) is 0 Å². The summed E-state index contributed by atoms with van der Waals surface area (Å²) >= 11 is 0. The summed E-state index contributed by atoms with van der Waals surface area (Å²) in [5.41, 5.74) is 3.92. The molecule has 0 N–H and O–H groups in total. The third kappa shape index (κ3) is 4.43. The molecule has 0 atom stereocenters. The molecule has 146 valence electrons. The molecule has 29 heavy (non-hydrogen) atoms.